The molecule has 2 aliphatic rings. The second kappa shape index (κ2) is 10.3. The van der Waals surface area contributed by atoms with E-state index in [2.05, 4.69) is 39.2 Å². The Morgan fingerprint density at radius 1 is 0.917 bits per heavy atom. The van der Waals surface area contributed by atoms with Crippen molar-refractivity contribution in [2.45, 2.75) is 32.7 Å². The summed E-state index contributed by atoms with van der Waals surface area (Å²) in [6.45, 7) is 4.81. The maximum absolute atomic E-state index is 13.3. The van der Waals surface area contributed by atoms with Gasteiger partial charge in [0, 0.05) is 29.1 Å². The van der Waals surface area contributed by atoms with E-state index >= 15 is 0 Å². The topological polar surface area (TPSA) is 78.5 Å². The number of benzene rings is 3. The van der Waals surface area contributed by atoms with E-state index in [4.69, 9.17) is 0 Å². The van der Waals surface area contributed by atoms with Gasteiger partial charge in [-0.3, -0.25) is 14.4 Å². The Hall–Kier alpha value is -3.42. The van der Waals surface area contributed by atoms with Crippen LogP contribution in [0.2, 0.25) is 0 Å². The van der Waals surface area contributed by atoms with E-state index in [0.717, 1.165) is 36.3 Å². The molecule has 3 aromatic carbocycles. The monoisotopic (exact) mass is 501 g/mol. The lowest BCUT2D eigenvalue weighted by molar-refractivity contribution is -0.110. The van der Waals surface area contributed by atoms with Gasteiger partial charge in [0.05, 0.1) is 11.3 Å². The summed E-state index contributed by atoms with van der Waals surface area (Å²) in [5.74, 6) is -0.222. The summed E-state index contributed by atoms with van der Waals surface area (Å²) in [7, 11) is -3.44. The molecule has 3 aromatic rings. The predicted octanol–water partition coefficient (Wildman–Crippen LogP) is 5.35. The molecule has 7 heteroatoms. The van der Waals surface area contributed by atoms with Crippen molar-refractivity contribution in [2.75, 3.05) is 28.9 Å². The smallest absolute Gasteiger partial charge is 0.257 e. The van der Waals surface area contributed by atoms with Gasteiger partial charge in [-0.2, -0.15) is 0 Å². The molecule has 1 amide bonds. The number of fused-ring (bicyclic) bond motifs is 1. The lowest BCUT2D eigenvalue weighted by Crippen LogP contribution is -2.29. The maximum atomic E-state index is 13.3. The predicted molar refractivity (Wildman–Crippen MR) is 146 cm³/mol. The molecule has 5 rings (SSSR count). The molecule has 186 valence electrons. The first kappa shape index (κ1) is 24.3. The highest BCUT2D eigenvalue weighted by Gasteiger charge is 2.29. The third kappa shape index (κ3) is 5.22. The molecule has 0 unspecified atom stereocenters. The number of nitrogens with one attached hydrogen (secondary N) is 2. The van der Waals surface area contributed by atoms with Crippen molar-refractivity contribution < 1.29 is 13.2 Å². The molecule has 1 saturated heterocycles. The lowest BCUT2D eigenvalue weighted by atomic mass is 9.89. The number of anilines is 2. The zero-order valence-electron chi connectivity index (χ0n) is 20.5. The van der Waals surface area contributed by atoms with E-state index < -0.39 is 10.0 Å². The third-order valence-corrected chi connectivity index (χ3v) is 8.13. The normalized spacial score (nSPS) is 17.4. The number of carbonyl (C=O) groups is 1. The first-order valence-electron chi connectivity index (χ1n) is 12.5. The summed E-state index contributed by atoms with van der Waals surface area (Å²) in [4.78, 5) is 15.8. The van der Waals surface area contributed by atoms with Gasteiger partial charge in [0.1, 0.15) is 0 Å². The Morgan fingerprint density at radius 3 is 2.31 bits per heavy atom. The van der Waals surface area contributed by atoms with Crippen LogP contribution in [0.15, 0.2) is 72.8 Å². The maximum Gasteiger partial charge on any atom is 0.257 e. The van der Waals surface area contributed by atoms with Crippen LogP contribution in [0, 0.1) is 0 Å². The Kier molecular flexibility index (Phi) is 6.94. The van der Waals surface area contributed by atoms with E-state index in [9.17, 15) is 13.2 Å². The average Bonchev–Trinajstić information content (AvgIpc) is 3.21. The number of nitrogens with zero attached hydrogens (tertiary/aromatic N) is 1. The van der Waals surface area contributed by atoms with Crippen LogP contribution in [-0.4, -0.2) is 38.1 Å². The molecular weight excluding hydrogens is 470 g/mol. The van der Waals surface area contributed by atoms with Gasteiger partial charge in [-0.1, -0.05) is 61.0 Å². The molecule has 1 fully saturated rings. The summed E-state index contributed by atoms with van der Waals surface area (Å²) in [6, 6.07) is 23.5. The molecule has 2 N–H and O–H groups in total. The van der Waals surface area contributed by atoms with Gasteiger partial charge < -0.3 is 5.32 Å². The van der Waals surface area contributed by atoms with Crippen LogP contribution < -0.4 is 10.0 Å². The Balaban J connectivity index is 1.58. The third-order valence-electron chi connectivity index (χ3n) is 6.83. The number of likely N-dealkylation sites (tertiary alicyclic amines) is 1. The molecule has 0 atom stereocenters. The number of amides is 1. The van der Waals surface area contributed by atoms with E-state index in [1.807, 2.05) is 30.3 Å². The Labute approximate surface area is 213 Å². The highest BCUT2D eigenvalue weighted by atomic mass is 32.2. The number of piperidine rings is 1. The van der Waals surface area contributed by atoms with Crippen LogP contribution in [0.1, 0.15) is 48.4 Å². The second-order valence-electron chi connectivity index (χ2n) is 9.37. The molecule has 0 aliphatic carbocycles. The zero-order valence-corrected chi connectivity index (χ0v) is 21.3. The summed E-state index contributed by atoms with van der Waals surface area (Å²) in [5.41, 5.74) is 6.29. The number of hydrogen-bond acceptors (Lipinski definition) is 4. The van der Waals surface area contributed by atoms with Crippen molar-refractivity contribution in [3.05, 3.63) is 95.1 Å². The molecule has 0 aromatic heterocycles. The van der Waals surface area contributed by atoms with Crippen molar-refractivity contribution in [3.8, 4) is 0 Å². The fraction of sp³-hybridized carbons (Fsp3) is 0.276. The highest BCUT2D eigenvalue weighted by molar-refractivity contribution is 7.92. The average molecular weight is 502 g/mol. The van der Waals surface area contributed by atoms with Gasteiger partial charge >= 0.3 is 0 Å². The lowest BCUT2D eigenvalue weighted by Gasteiger charge is -2.26. The van der Waals surface area contributed by atoms with Gasteiger partial charge in [-0.15, -0.1) is 0 Å². The summed E-state index contributed by atoms with van der Waals surface area (Å²) in [5, 5.41) is 2.96. The van der Waals surface area contributed by atoms with E-state index in [1.165, 1.54) is 24.8 Å². The molecule has 0 bridgehead atoms. The van der Waals surface area contributed by atoms with Gasteiger partial charge in [0.2, 0.25) is 10.0 Å². The largest absolute Gasteiger partial charge is 0.321 e. The van der Waals surface area contributed by atoms with Gasteiger partial charge in [-0.05, 0) is 67.7 Å². The second-order valence-corrected chi connectivity index (χ2v) is 11.4. The van der Waals surface area contributed by atoms with E-state index in [-0.39, 0.29) is 11.7 Å². The molecule has 6 nitrogen and oxygen atoms in total. The minimum Gasteiger partial charge on any atom is -0.321 e. The van der Waals surface area contributed by atoms with E-state index in [1.54, 1.807) is 25.1 Å². The van der Waals surface area contributed by atoms with Gasteiger partial charge in [0.15, 0.2) is 0 Å². The summed E-state index contributed by atoms with van der Waals surface area (Å²) >= 11 is 0. The standard InChI is InChI=1S/C29H31N3O3S/c1-2-36(34,35)31-24-15-16-26-25(19-24)28(29(33)30-26)27(22-9-5-3-6-10-22)23-13-11-21(12-14-23)20-32-17-7-4-8-18-32/h3,5-6,9-16,19,31H,2,4,7-8,17-18,20H2,1H3,(H,30,33)/b28-27-. The molecule has 2 heterocycles. The SMILES string of the molecule is CCS(=O)(=O)Nc1ccc2c(c1)/C(=C(\c1ccccc1)c1ccc(CN3CCCCC3)cc1)C(=O)N2. The van der Waals surface area contributed by atoms with Crippen LogP contribution >= 0.6 is 0 Å². The van der Waals surface area contributed by atoms with Crippen LogP contribution in [-0.2, 0) is 21.4 Å². The zero-order chi connectivity index (χ0) is 25.1. The van der Waals surface area contributed by atoms with E-state index in [0.29, 0.717) is 22.5 Å². The van der Waals surface area contributed by atoms with Crippen molar-refractivity contribution in [3.63, 3.8) is 0 Å². The number of sulfonamides is 1. The van der Waals surface area contributed by atoms with Crippen LogP contribution in [0.25, 0.3) is 11.1 Å². The minimum absolute atomic E-state index is 0.0248. The molecule has 36 heavy (non-hydrogen) atoms. The van der Waals surface area contributed by atoms with Gasteiger partial charge in [-0.25, -0.2) is 8.42 Å². The highest BCUT2D eigenvalue weighted by Crippen LogP contribution is 2.41. The van der Waals surface area contributed by atoms with Crippen LogP contribution in [0.4, 0.5) is 11.4 Å². The first-order chi connectivity index (χ1) is 17.4. The van der Waals surface area contributed by atoms with Crippen molar-refractivity contribution in [2.24, 2.45) is 0 Å². The number of carbonyl (C=O) groups excluding carboxylic acids is 1. The summed E-state index contributed by atoms with van der Waals surface area (Å²) < 4.78 is 26.9. The number of rotatable bonds is 7. The number of hydrogen-bond donors (Lipinski definition) is 2. The molecule has 0 spiro atoms. The minimum atomic E-state index is -3.44. The first-order valence-corrected chi connectivity index (χ1v) is 14.2. The van der Waals surface area contributed by atoms with Gasteiger partial charge in [0.25, 0.3) is 5.91 Å². The fourth-order valence-corrected chi connectivity index (χ4v) is 5.57. The van der Waals surface area contributed by atoms with Crippen LogP contribution in [0.3, 0.4) is 0 Å². The Bertz CT molecular complexity index is 1390. The molecule has 2 aliphatic heterocycles. The van der Waals surface area contributed by atoms with Crippen molar-refractivity contribution >= 4 is 38.5 Å². The fourth-order valence-electron chi connectivity index (χ4n) is 4.94. The molecule has 0 saturated carbocycles. The van der Waals surface area contributed by atoms with Crippen molar-refractivity contribution in [1.29, 1.82) is 0 Å². The quantitative estimate of drug-likeness (QED) is 0.428. The van der Waals surface area contributed by atoms with Crippen molar-refractivity contribution in [1.82, 2.24) is 4.90 Å². The molecular formula is C29H31N3O3S. The summed E-state index contributed by atoms with van der Waals surface area (Å²) in [6.07, 6.45) is 3.83. The molecule has 0 radical (unpaired) electrons. The van der Waals surface area contributed by atoms with Crippen LogP contribution in [0.5, 0.6) is 0 Å². The Morgan fingerprint density at radius 2 is 1.61 bits per heavy atom.